The van der Waals surface area contributed by atoms with E-state index in [1.54, 1.807) is 11.8 Å². The summed E-state index contributed by atoms with van der Waals surface area (Å²) in [5, 5.41) is 3.19. The highest BCUT2D eigenvalue weighted by molar-refractivity contribution is 8.23. The van der Waals surface area contributed by atoms with Crippen molar-refractivity contribution in [2.45, 2.75) is 51.6 Å². The van der Waals surface area contributed by atoms with Crippen LogP contribution >= 0.6 is 24.0 Å². The lowest BCUT2D eigenvalue weighted by Gasteiger charge is -2.22. The molecule has 4 heteroatoms. The fourth-order valence-electron chi connectivity index (χ4n) is 1.55. The fraction of sp³-hybridized carbons (Fsp3) is 0.533. The van der Waals surface area contributed by atoms with Gasteiger partial charge in [-0.15, -0.1) is 0 Å². The summed E-state index contributed by atoms with van der Waals surface area (Å²) >= 11 is 6.88. The first-order chi connectivity index (χ1) is 8.76. The molecule has 1 atom stereocenters. The Balaban J connectivity index is 2.36. The van der Waals surface area contributed by atoms with Crippen molar-refractivity contribution >= 4 is 28.3 Å². The van der Waals surface area contributed by atoms with E-state index in [2.05, 4.69) is 57.3 Å². The van der Waals surface area contributed by atoms with E-state index in [1.807, 2.05) is 0 Å². The zero-order valence-corrected chi connectivity index (χ0v) is 13.8. The number of thioether (sulfide) groups is 1. The Morgan fingerprint density at radius 3 is 2.42 bits per heavy atom. The van der Waals surface area contributed by atoms with E-state index in [4.69, 9.17) is 18.0 Å². The monoisotopic (exact) mass is 296 g/mol. The smallest absolute Gasteiger partial charge is 0.139 e. The Morgan fingerprint density at radius 2 is 1.89 bits per heavy atom. The molecule has 106 valence electrons. The molecular formula is C15H24N2S2. The topological polar surface area (TPSA) is 38.0 Å². The van der Waals surface area contributed by atoms with Crippen LogP contribution in [0.3, 0.4) is 0 Å². The molecule has 1 aromatic rings. The molecule has 1 aromatic carbocycles. The van der Waals surface area contributed by atoms with Gasteiger partial charge in [-0.05, 0) is 37.3 Å². The van der Waals surface area contributed by atoms with E-state index < -0.39 is 0 Å². The largest absolute Gasteiger partial charge is 0.356 e. The normalized spacial score (nSPS) is 13.1. The molecule has 2 nitrogen and oxygen atoms in total. The fourth-order valence-corrected chi connectivity index (χ4v) is 2.69. The number of rotatable bonds is 4. The predicted molar refractivity (Wildman–Crippen MR) is 89.4 cm³/mol. The second-order valence-corrected chi connectivity index (χ2v) is 7.80. The summed E-state index contributed by atoms with van der Waals surface area (Å²) in [4.78, 5) is 1.14. The standard InChI is InChI=1S/C15H24N2S2/c1-11-5-7-12(8-6-11)19-14(18)17-13(16)9-10-15(2,3)4/h5-8,13H,9-10,16H2,1-4H3,(H,17,18). The average Bonchev–Trinajstić information content (AvgIpc) is 2.29. The highest BCUT2D eigenvalue weighted by atomic mass is 32.2. The number of aryl methyl sites for hydroxylation is 1. The average molecular weight is 297 g/mol. The highest BCUT2D eigenvalue weighted by Crippen LogP contribution is 2.22. The Morgan fingerprint density at radius 1 is 1.32 bits per heavy atom. The summed E-state index contributed by atoms with van der Waals surface area (Å²) in [5.41, 5.74) is 7.61. The van der Waals surface area contributed by atoms with Crippen LogP contribution in [0.25, 0.3) is 0 Å². The molecule has 0 aliphatic heterocycles. The van der Waals surface area contributed by atoms with E-state index in [1.165, 1.54) is 5.56 Å². The SMILES string of the molecule is Cc1ccc(SC(=S)NC(N)CCC(C)(C)C)cc1. The molecule has 0 fully saturated rings. The third-order valence-corrected chi connectivity index (χ3v) is 3.92. The maximum Gasteiger partial charge on any atom is 0.139 e. The van der Waals surface area contributed by atoms with Gasteiger partial charge in [0.25, 0.3) is 0 Å². The van der Waals surface area contributed by atoms with Crippen molar-refractivity contribution in [2.75, 3.05) is 0 Å². The van der Waals surface area contributed by atoms with Gasteiger partial charge in [-0.3, -0.25) is 0 Å². The molecule has 0 bridgehead atoms. The molecule has 3 N–H and O–H groups in total. The minimum atomic E-state index is -0.0651. The number of nitrogens with two attached hydrogens (primary N) is 1. The molecule has 0 aliphatic carbocycles. The van der Waals surface area contributed by atoms with Crippen LogP contribution in [0, 0.1) is 12.3 Å². The highest BCUT2D eigenvalue weighted by Gasteiger charge is 2.13. The van der Waals surface area contributed by atoms with Crippen molar-refractivity contribution in [3.05, 3.63) is 29.8 Å². The van der Waals surface area contributed by atoms with E-state index in [0.29, 0.717) is 5.41 Å². The van der Waals surface area contributed by atoms with E-state index >= 15 is 0 Å². The van der Waals surface area contributed by atoms with Crippen LogP contribution in [0.1, 0.15) is 39.2 Å². The van der Waals surface area contributed by atoms with E-state index in [9.17, 15) is 0 Å². The summed E-state index contributed by atoms with van der Waals surface area (Å²) in [5.74, 6) is 0. The summed E-state index contributed by atoms with van der Waals surface area (Å²) in [6.45, 7) is 8.74. The van der Waals surface area contributed by atoms with Gasteiger partial charge in [0.2, 0.25) is 0 Å². The van der Waals surface area contributed by atoms with Crippen molar-refractivity contribution < 1.29 is 0 Å². The van der Waals surface area contributed by atoms with Crippen LogP contribution < -0.4 is 11.1 Å². The van der Waals surface area contributed by atoms with Gasteiger partial charge in [-0.25, -0.2) is 0 Å². The lowest BCUT2D eigenvalue weighted by molar-refractivity contribution is 0.344. The van der Waals surface area contributed by atoms with Gasteiger partial charge >= 0.3 is 0 Å². The summed E-state index contributed by atoms with van der Waals surface area (Å²) in [6.07, 6.45) is 1.95. The quantitative estimate of drug-likeness (QED) is 0.499. The number of hydrogen-bond donors (Lipinski definition) is 2. The molecule has 0 spiro atoms. The molecule has 0 saturated heterocycles. The summed E-state index contributed by atoms with van der Waals surface area (Å²) in [7, 11) is 0. The molecule has 0 aromatic heterocycles. The summed E-state index contributed by atoms with van der Waals surface area (Å²) < 4.78 is 0.741. The van der Waals surface area contributed by atoms with Crippen LogP contribution in [0.2, 0.25) is 0 Å². The van der Waals surface area contributed by atoms with Crippen molar-refractivity contribution in [3.63, 3.8) is 0 Å². The Labute approximate surface area is 126 Å². The van der Waals surface area contributed by atoms with Gasteiger partial charge in [0.1, 0.15) is 4.32 Å². The lowest BCUT2D eigenvalue weighted by Crippen LogP contribution is -2.40. The molecule has 0 aliphatic rings. The van der Waals surface area contributed by atoms with Gasteiger partial charge < -0.3 is 11.1 Å². The van der Waals surface area contributed by atoms with Crippen LogP contribution in [0.5, 0.6) is 0 Å². The van der Waals surface area contributed by atoms with Crippen molar-refractivity contribution in [1.82, 2.24) is 5.32 Å². The Hall–Kier alpha value is -0.580. The Kier molecular flexibility index (Phi) is 6.30. The van der Waals surface area contributed by atoms with Crippen molar-refractivity contribution in [1.29, 1.82) is 0 Å². The number of nitrogens with one attached hydrogen (secondary N) is 1. The third kappa shape index (κ3) is 7.55. The first kappa shape index (κ1) is 16.5. The maximum atomic E-state index is 6.05. The Bertz CT molecular complexity index is 407. The van der Waals surface area contributed by atoms with Crippen LogP contribution in [-0.4, -0.2) is 10.5 Å². The van der Waals surface area contributed by atoms with E-state index in [-0.39, 0.29) is 6.17 Å². The van der Waals surface area contributed by atoms with Gasteiger partial charge in [-0.1, -0.05) is 62.4 Å². The number of hydrogen-bond acceptors (Lipinski definition) is 3. The minimum Gasteiger partial charge on any atom is -0.356 e. The van der Waals surface area contributed by atoms with Gasteiger partial charge in [0.05, 0.1) is 6.17 Å². The second kappa shape index (κ2) is 7.27. The first-order valence-corrected chi connectivity index (χ1v) is 7.79. The number of benzene rings is 1. The van der Waals surface area contributed by atoms with Gasteiger partial charge in [-0.2, -0.15) is 0 Å². The molecule has 1 rings (SSSR count). The molecule has 19 heavy (non-hydrogen) atoms. The van der Waals surface area contributed by atoms with Crippen LogP contribution in [0.4, 0.5) is 0 Å². The minimum absolute atomic E-state index is 0.0651. The lowest BCUT2D eigenvalue weighted by atomic mass is 9.90. The van der Waals surface area contributed by atoms with Gasteiger partial charge in [0, 0.05) is 4.90 Å². The maximum absolute atomic E-state index is 6.05. The molecule has 0 radical (unpaired) electrons. The zero-order chi connectivity index (χ0) is 14.5. The molecule has 0 saturated carbocycles. The molecular weight excluding hydrogens is 272 g/mol. The predicted octanol–water partition coefficient (Wildman–Crippen LogP) is 4.07. The zero-order valence-electron chi connectivity index (χ0n) is 12.2. The summed E-state index contributed by atoms with van der Waals surface area (Å²) in [6, 6.07) is 8.33. The third-order valence-electron chi connectivity index (χ3n) is 2.74. The first-order valence-electron chi connectivity index (χ1n) is 6.57. The van der Waals surface area contributed by atoms with Gasteiger partial charge in [0.15, 0.2) is 0 Å². The second-order valence-electron chi connectivity index (χ2n) is 6.05. The van der Waals surface area contributed by atoms with Crippen molar-refractivity contribution in [2.24, 2.45) is 11.1 Å². The van der Waals surface area contributed by atoms with Crippen LogP contribution in [0.15, 0.2) is 29.2 Å². The van der Waals surface area contributed by atoms with Crippen molar-refractivity contribution in [3.8, 4) is 0 Å². The molecule has 0 heterocycles. The molecule has 0 amide bonds. The van der Waals surface area contributed by atoms with Crippen LogP contribution in [-0.2, 0) is 0 Å². The van der Waals surface area contributed by atoms with E-state index in [0.717, 1.165) is 22.1 Å². The molecule has 1 unspecified atom stereocenters. The number of thiocarbonyl (C=S) groups is 1.